The van der Waals surface area contributed by atoms with Gasteiger partial charge in [-0.2, -0.15) is 26.3 Å². The fraction of sp³-hybridized carbons (Fsp3) is 0.478. The van der Waals surface area contributed by atoms with E-state index in [0.29, 0.717) is 30.2 Å². The van der Waals surface area contributed by atoms with Crippen molar-refractivity contribution < 1.29 is 26.3 Å². The van der Waals surface area contributed by atoms with Gasteiger partial charge in [-0.15, -0.1) is 0 Å². The number of alkyl halides is 6. The Balaban J connectivity index is 2.02. The zero-order valence-corrected chi connectivity index (χ0v) is 17.8. The highest BCUT2D eigenvalue weighted by Crippen LogP contribution is 2.61. The van der Waals surface area contributed by atoms with Gasteiger partial charge in [-0.1, -0.05) is 18.4 Å². The lowest BCUT2D eigenvalue weighted by molar-refractivity contribution is -0.143. The van der Waals surface area contributed by atoms with Gasteiger partial charge in [0.1, 0.15) is 5.82 Å². The maximum atomic E-state index is 13.3. The van der Waals surface area contributed by atoms with Crippen LogP contribution < -0.4 is 5.32 Å². The monoisotopic (exact) mass is 457 g/mol. The number of benzene rings is 1. The van der Waals surface area contributed by atoms with E-state index >= 15 is 0 Å². The van der Waals surface area contributed by atoms with Gasteiger partial charge in [-0.3, -0.25) is 0 Å². The zero-order chi connectivity index (χ0) is 23.9. The first-order valence-corrected chi connectivity index (χ1v) is 10.2. The van der Waals surface area contributed by atoms with Gasteiger partial charge in [-0.25, -0.2) is 4.99 Å². The molecule has 0 aromatic heterocycles. The van der Waals surface area contributed by atoms with Crippen LogP contribution in [-0.4, -0.2) is 19.5 Å². The van der Waals surface area contributed by atoms with Crippen LogP contribution >= 0.6 is 0 Å². The first kappa shape index (κ1) is 24.1. The van der Waals surface area contributed by atoms with Gasteiger partial charge in [0, 0.05) is 18.3 Å². The van der Waals surface area contributed by atoms with Crippen LogP contribution in [0.1, 0.15) is 49.3 Å². The standard InChI is InChI=1S/C23H25F6N3/c1-13(30)19(20(31-2)32-3)9-18-12-21(18,10-14-4-5-14)11-15-6-16(22(24,25)26)8-17(7-15)23(27,28)29/h6-9,14,30,32H,2,4-5,10-12H2,1,3H3/b18-9-,20-19-,30-13?. The molecule has 3 rings (SSSR count). The minimum atomic E-state index is -4.87. The molecule has 0 bridgehead atoms. The van der Waals surface area contributed by atoms with Gasteiger partial charge in [0.15, 0.2) is 0 Å². The Morgan fingerprint density at radius 3 is 2.12 bits per heavy atom. The molecular formula is C23H25F6N3. The maximum absolute atomic E-state index is 13.3. The number of hydrogen-bond acceptors (Lipinski definition) is 3. The van der Waals surface area contributed by atoms with Crippen LogP contribution in [0.15, 0.2) is 46.2 Å². The Morgan fingerprint density at radius 2 is 1.72 bits per heavy atom. The summed E-state index contributed by atoms with van der Waals surface area (Å²) in [6, 6.07) is 1.81. The minimum Gasteiger partial charge on any atom is -0.373 e. The van der Waals surface area contributed by atoms with Crippen molar-refractivity contribution in [3.05, 3.63) is 57.9 Å². The smallest absolute Gasteiger partial charge is 0.373 e. The average Bonchev–Trinajstić information content (AvgIpc) is 3.59. The van der Waals surface area contributed by atoms with E-state index in [2.05, 4.69) is 17.0 Å². The van der Waals surface area contributed by atoms with Crippen LogP contribution in [-0.2, 0) is 18.8 Å². The molecular weight excluding hydrogens is 432 g/mol. The second-order valence-corrected chi connectivity index (χ2v) is 8.66. The van der Waals surface area contributed by atoms with E-state index in [9.17, 15) is 26.3 Å². The highest BCUT2D eigenvalue weighted by Gasteiger charge is 2.51. The van der Waals surface area contributed by atoms with Crippen LogP contribution in [0.2, 0.25) is 0 Å². The van der Waals surface area contributed by atoms with Gasteiger partial charge >= 0.3 is 12.4 Å². The van der Waals surface area contributed by atoms with E-state index in [1.54, 1.807) is 20.0 Å². The summed E-state index contributed by atoms with van der Waals surface area (Å²) in [6.07, 6.45) is -4.59. The van der Waals surface area contributed by atoms with Crippen molar-refractivity contribution in [3.63, 3.8) is 0 Å². The number of allylic oxidation sites excluding steroid dienone is 3. The molecule has 0 amide bonds. The normalized spacial score (nSPS) is 23.1. The van der Waals surface area contributed by atoms with E-state index in [4.69, 9.17) is 5.41 Å². The Kier molecular flexibility index (Phi) is 6.32. The number of rotatable bonds is 8. The second-order valence-electron chi connectivity index (χ2n) is 8.66. The van der Waals surface area contributed by atoms with Crippen molar-refractivity contribution in [2.75, 3.05) is 7.05 Å². The summed E-state index contributed by atoms with van der Waals surface area (Å²) >= 11 is 0. The number of halogens is 6. The molecule has 1 unspecified atom stereocenters. The van der Waals surface area contributed by atoms with Gasteiger partial charge in [0.2, 0.25) is 0 Å². The van der Waals surface area contributed by atoms with Crippen LogP contribution in [0, 0.1) is 16.7 Å². The molecule has 3 nitrogen and oxygen atoms in total. The summed E-state index contributed by atoms with van der Waals surface area (Å²) in [5, 5.41) is 10.9. The molecule has 174 valence electrons. The topological polar surface area (TPSA) is 48.2 Å². The number of aliphatic imine (C=N–C) groups is 1. The maximum Gasteiger partial charge on any atom is 0.416 e. The average molecular weight is 457 g/mol. The largest absolute Gasteiger partial charge is 0.416 e. The highest BCUT2D eigenvalue weighted by atomic mass is 19.4. The molecule has 2 N–H and O–H groups in total. The molecule has 2 fully saturated rings. The van der Waals surface area contributed by atoms with Gasteiger partial charge in [-0.05, 0) is 74.1 Å². The van der Waals surface area contributed by atoms with Gasteiger partial charge in [0.05, 0.1) is 11.1 Å². The molecule has 2 saturated carbocycles. The lowest BCUT2D eigenvalue weighted by atomic mass is 9.88. The zero-order valence-electron chi connectivity index (χ0n) is 17.8. The highest BCUT2D eigenvalue weighted by molar-refractivity contribution is 5.99. The van der Waals surface area contributed by atoms with Gasteiger partial charge < -0.3 is 10.7 Å². The van der Waals surface area contributed by atoms with Crippen molar-refractivity contribution in [3.8, 4) is 0 Å². The molecule has 2 aliphatic carbocycles. The summed E-state index contributed by atoms with van der Waals surface area (Å²) in [5.41, 5.74) is -1.42. The molecule has 32 heavy (non-hydrogen) atoms. The molecule has 0 saturated heterocycles. The van der Waals surface area contributed by atoms with E-state index in [-0.39, 0.29) is 23.8 Å². The summed E-state index contributed by atoms with van der Waals surface area (Å²) in [5.74, 6) is 0.819. The fourth-order valence-corrected chi connectivity index (χ4v) is 4.19. The summed E-state index contributed by atoms with van der Waals surface area (Å²) in [6.45, 7) is 5.07. The third-order valence-electron chi connectivity index (χ3n) is 6.02. The minimum absolute atomic E-state index is 0.0176. The summed E-state index contributed by atoms with van der Waals surface area (Å²) < 4.78 is 79.7. The SMILES string of the molecule is C=N/C(NC)=C(\C=C1\CC1(Cc1cc(C(F)(F)F)cc(C(F)(F)F)c1)CC1CC1)C(C)=N. The van der Waals surface area contributed by atoms with E-state index in [1.165, 1.54) is 0 Å². The third kappa shape index (κ3) is 5.42. The molecule has 0 radical (unpaired) electrons. The molecule has 1 atom stereocenters. The van der Waals surface area contributed by atoms with Crippen LogP contribution in [0.3, 0.4) is 0 Å². The quantitative estimate of drug-likeness (QED) is 0.337. The molecule has 9 heteroatoms. The Hall–Kier alpha value is -2.58. The van der Waals surface area contributed by atoms with Crippen LogP contribution in [0.5, 0.6) is 0 Å². The van der Waals surface area contributed by atoms with Crippen molar-refractivity contribution >= 4 is 12.4 Å². The van der Waals surface area contributed by atoms with E-state index in [1.807, 2.05) is 0 Å². The number of nitrogens with zero attached hydrogens (tertiary/aromatic N) is 1. The third-order valence-corrected chi connectivity index (χ3v) is 6.02. The van der Waals surface area contributed by atoms with Crippen LogP contribution in [0.25, 0.3) is 0 Å². The lowest BCUT2D eigenvalue weighted by Crippen LogP contribution is -2.14. The van der Waals surface area contributed by atoms with E-state index in [0.717, 1.165) is 30.5 Å². The second kappa shape index (κ2) is 8.41. The van der Waals surface area contributed by atoms with Crippen molar-refractivity contribution in [2.24, 2.45) is 16.3 Å². The molecule has 0 spiro atoms. The number of nitrogens with one attached hydrogen (secondary N) is 2. The fourth-order valence-electron chi connectivity index (χ4n) is 4.19. The predicted octanol–water partition coefficient (Wildman–Crippen LogP) is 6.55. The molecule has 1 aromatic rings. The number of hydrogen-bond donors (Lipinski definition) is 2. The first-order chi connectivity index (χ1) is 14.8. The predicted molar refractivity (Wildman–Crippen MR) is 112 cm³/mol. The van der Waals surface area contributed by atoms with Gasteiger partial charge in [0.25, 0.3) is 0 Å². The Bertz CT molecular complexity index is 950. The summed E-state index contributed by atoms with van der Waals surface area (Å²) in [7, 11) is 1.64. The lowest BCUT2D eigenvalue weighted by Gasteiger charge is -2.19. The van der Waals surface area contributed by atoms with E-state index < -0.39 is 28.9 Å². The van der Waals surface area contributed by atoms with Crippen LogP contribution in [0.4, 0.5) is 26.3 Å². The first-order valence-electron chi connectivity index (χ1n) is 10.2. The van der Waals surface area contributed by atoms with Crippen molar-refractivity contribution in [1.29, 1.82) is 5.41 Å². The summed E-state index contributed by atoms with van der Waals surface area (Å²) in [4.78, 5) is 3.87. The Labute approximate surface area is 182 Å². The van der Waals surface area contributed by atoms with Crippen molar-refractivity contribution in [1.82, 2.24) is 5.32 Å². The molecule has 0 heterocycles. The Morgan fingerprint density at radius 1 is 1.16 bits per heavy atom. The molecule has 1 aromatic carbocycles. The molecule has 0 aliphatic heterocycles. The molecule has 2 aliphatic rings. The van der Waals surface area contributed by atoms with Crippen molar-refractivity contribution in [2.45, 2.75) is 51.4 Å².